The summed E-state index contributed by atoms with van der Waals surface area (Å²) in [5.74, 6) is -15.3. The van der Waals surface area contributed by atoms with Crippen molar-refractivity contribution in [3.05, 3.63) is 102 Å². The zero-order valence-corrected chi connectivity index (χ0v) is 59.9. The molecular formula is C65H86GaN14O19S2-. The van der Waals surface area contributed by atoms with Crippen molar-refractivity contribution in [2.24, 2.45) is 5.73 Å². The Morgan fingerprint density at radius 2 is 1.11 bits per heavy atom. The number of aromatic nitrogens is 1. The van der Waals surface area contributed by atoms with Crippen LogP contribution in [0.2, 0.25) is 0 Å². The number of fused-ring (bicyclic) bond motifs is 1. The molecule has 0 spiro atoms. The van der Waals surface area contributed by atoms with E-state index in [1.165, 1.54) is 39.0 Å². The molecule has 4 aromatic rings. The number of benzene rings is 3. The molecule has 2 fully saturated rings. The number of carbonyl (C=O) groups is 12. The van der Waals surface area contributed by atoms with E-state index in [1.807, 2.05) is 0 Å². The SMILES string of the molecule is C[C@@H](O)[C@H](NC(=O)[C@@H]1CSSC[C@H](NC(=O)[C@@H](Cc2ccccc2)NC(=O)CN2CCN(CC(=O)[O-])CCN(CC(=O)[O-])CCN(CC(=O)[O-])CC2)C(=O)N[C@@H](Cc2ccc(O)cc2)C(=O)N[C@H](Cc2c[nH]c3ccccc23)C(=O)N[C@@H](CCCCN)C(=O)N[C@@H]([C@@H](C)O)C(=O)N1)C(=O)[O-].[Ga+3]. The number of aliphatic hydroxyl groups is 2. The van der Waals surface area contributed by atoms with Crippen LogP contribution >= 0.6 is 21.6 Å². The molecule has 0 radical (unpaired) electrons. The fourth-order valence-corrected chi connectivity index (χ4v) is 13.4. The Labute approximate surface area is 603 Å². The van der Waals surface area contributed by atoms with Crippen LogP contribution in [0.1, 0.15) is 49.8 Å². The summed E-state index contributed by atoms with van der Waals surface area (Å²) in [5, 5.41) is 101. The largest absolute Gasteiger partial charge is 3.00 e. The van der Waals surface area contributed by atoms with Crippen molar-refractivity contribution >= 4 is 123 Å². The quantitative estimate of drug-likeness (QED) is 0.0158. The summed E-state index contributed by atoms with van der Waals surface area (Å²) < 4.78 is 0. The van der Waals surface area contributed by atoms with Gasteiger partial charge in [0, 0.05) is 120 Å². The Hall–Kier alpha value is -8.30. The monoisotopic (exact) mass is 1500 g/mol. The van der Waals surface area contributed by atoms with E-state index in [1.54, 1.807) is 65.7 Å². The first-order valence-electron chi connectivity index (χ1n) is 32.5. The maximum absolute atomic E-state index is 15.3. The van der Waals surface area contributed by atoms with Gasteiger partial charge in [0.15, 0.2) is 0 Å². The molecule has 0 aliphatic carbocycles. The van der Waals surface area contributed by atoms with Gasteiger partial charge in [-0.2, -0.15) is 0 Å². The van der Waals surface area contributed by atoms with Crippen LogP contribution in [0.15, 0.2) is 85.1 Å². The fourth-order valence-electron chi connectivity index (χ4n) is 11.1. The molecule has 1 aromatic heterocycles. The molecule has 36 heteroatoms. The molecule has 3 aromatic carbocycles. The van der Waals surface area contributed by atoms with Crippen LogP contribution in [0.3, 0.4) is 0 Å². The number of carboxylic acids is 4. The number of rotatable bonds is 26. The van der Waals surface area contributed by atoms with E-state index in [2.05, 4.69) is 47.5 Å². The summed E-state index contributed by atoms with van der Waals surface area (Å²) in [6, 6.07) is 7.52. The zero-order valence-electron chi connectivity index (χ0n) is 55.8. The maximum Gasteiger partial charge on any atom is 3.00 e. The Morgan fingerprint density at radius 3 is 1.65 bits per heavy atom. The minimum atomic E-state index is -2.03. The molecule has 33 nitrogen and oxygen atoms in total. The van der Waals surface area contributed by atoms with Crippen molar-refractivity contribution < 1.29 is 93.3 Å². The smallest absolute Gasteiger partial charge is 0.549 e. The van der Waals surface area contributed by atoms with E-state index >= 15 is 14.4 Å². The predicted octanol–water partition coefficient (Wildman–Crippen LogP) is -9.09. The number of carboxylic acid groups (broad SMARTS) is 4. The molecule has 0 unspecified atom stereocenters. The van der Waals surface area contributed by atoms with E-state index in [0.717, 1.165) is 35.4 Å². The first-order valence-corrected chi connectivity index (χ1v) is 34.9. The van der Waals surface area contributed by atoms with Crippen molar-refractivity contribution in [1.82, 2.24) is 67.1 Å². The molecule has 0 bridgehead atoms. The Kier molecular flexibility index (Phi) is 34.8. The number of hydrogen-bond donors (Lipinski definition) is 13. The fraction of sp³-hybridized carbons (Fsp3) is 0.508. The van der Waals surface area contributed by atoms with Gasteiger partial charge >= 0.3 is 19.8 Å². The molecular weight excluding hydrogens is 1410 g/mol. The molecule has 10 atom stereocenters. The summed E-state index contributed by atoms with van der Waals surface area (Å²) in [4.78, 5) is 175. The van der Waals surface area contributed by atoms with Crippen LogP contribution in [-0.4, -0.2) is 288 Å². The minimum Gasteiger partial charge on any atom is -0.549 e. The van der Waals surface area contributed by atoms with E-state index < -0.39 is 169 Å². The Morgan fingerprint density at radius 1 is 0.594 bits per heavy atom. The Bertz CT molecular complexity index is 3420. The number of phenols is 1. The maximum atomic E-state index is 15.3. The van der Waals surface area contributed by atoms with Crippen molar-refractivity contribution in [2.75, 3.05) is 96.6 Å². The minimum absolute atomic E-state index is 0. The topological polar surface area (TPSA) is 509 Å². The predicted molar refractivity (Wildman–Crippen MR) is 362 cm³/mol. The van der Waals surface area contributed by atoms with Gasteiger partial charge in [0.2, 0.25) is 47.3 Å². The number of H-pyrrole nitrogens is 1. The average Bonchev–Trinajstić information content (AvgIpc) is 1.75. The molecule has 3 heterocycles. The van der Waals surface area contributed by atoms with E-state index in [0.29, 0.717) is 34.0 Å². The van der Waals surface area contributed by atoms with Gasteiger partial charge in [-0.25, -0.2) is 0 Å². The third-order valence-electron chi connectivity index (χ3n) is 16.5. The summed E-state index contributed by atoms with van der Waals surface area (Å²) >= 11 is 0. The van der Waals surface area contributed by atoms with Gasteiger partial charge in [0.25, 0.3) is 0 Å². The number of amides is 8. The molecule has 546 valence electrons. The van der Waals surface area contributed by atoms with Gasteiger partial charge in [-0.1, -0.05) is 82.3 Å². The van der Waals surface area contributed by atoms with Crippen LogP contribution in [0.4, 0.5) is 0 Å². The Balaban J connectivity index is 0.0000184. The molecule has 6 rings (SSSR count). The number of nitrogens with zero attached hydrogens (tertiary/aromatic N) is 4. The molecule has 2 aliphatic rings. The van der Waals surface area contributed by atoms with Crippen LogP contribution < -0.4 is 68.7 Å². The summed E-state index contributed by atoms with van der Waals surface area (Å²) in [6.45, 7) is 0.262. The number of aliphatic hydroxyl groups excluding tert-OH is 2. The molecule has 14 N–H and O–H groups in total. The van der Waals surface area contributed by atoms with Crippen molar-refractivity contribution in [2.45, 2.75) is 113 Å². The second-order valence-corrected chi connectivity index (χ2v) is 26.9. The van der Waals surface area contributed by atoms with Crippen molar-refractivity contribution in [3.63, 3.8) is 0 Å². The van der Waals surface area contributed by atoms with E-state index in [9.17, 15) is 78.9 Å². The number of nitrogens with one attached hydrogen (secondary N) is 9. The van der Waals surface area contributed by atoms with Gasteiger partial charge in [0.05, 0.1) is 48.7 Å². The molecule has 0 saturated carbocycles. The molecule has 101 heavy (non-hydrogen) atoms. The molecule has 2 aliphatic heterocycles. The van der Waals surface area contributed by atoms with E-state index in [4.69, 9.17) is 5.73 Å². The number of aromatic amines is 1. The van der Waals surface area contributed by atoms with Crippen molar-refractivity contribution in [3.8, 4) is 5.75 Å². The van der Waals surface area contributed by atoms with Gasteiger partial charge in [-0.15, -0.1) is 0 Å². The first-order chi connectivity index (χ1) is 47.7. The summed E-state index contributed by atoms with van der Waals surface area (Å²) in [5.41, 5.74) is 7.91. The number of hydrogen-bond acceptors (Lipinski definition) is 26. The third kappa shape index (κ3) is 28.2. The standard InChI is InChI=1S/C65H90N14O19S2.Ga/c1-38(80)56-64(96)73-51(63(95)75-57(39(2)81)65(97)98)37-100-99-36-50(72-59(91)47(28-40-10-4-3-5-11-40)68-52(83)32-76-20-22-77(33-53(84)85)24-26-79(35-55(88)89)27-25-78(23-21-76)34-54(86)87)62(94)70-48(29-41-15-17-43(82)18-16-41)60(92)71-49(30-42-31-67-45-13-7-6-12-44(42)45)61(93)69-46(58(90)74-56)14-8-9-19-66;/h3-7,10-13,15-18,31,38-39,46-51,56-57,67,80-82H,8-9,14,19-30,32-37,66H2,1-2H3,(H,68,83)(H,69,93)(H,70,94)(H,71,92)(H,72,91)(H,73,96)(H,74,90)(H,75,95)(H,84,85)(H,86,87)(H,88,89)(H,97,98);/q;+3/p-4/t38-,39-,46+,47-,48+,49-,50+,51+,56+,57+;/m1./s1. The summed E-state index contributed by atoms with van der Waals surface area (Å²) in [7, 11) is 1.61. The first kappa shape index (κ1) is 83.4. The second kappa shape index (κ2) is 42.2. The number of nitrogens with two attached hydrogens (primary N) is 1. The van der Waals surface area contributed by atoms with Crippen LogP contribution in [0, 0.1) is 0 Å². The van der Waals surface area contributed by atoms with E-state index in [-0.39, 0.29) is 117 Å². The van der Waals surface area contributed by atoms with Gasteiger partial charge in [-0.3, -0.25) is 58.0 Å². The van der Waals surface area contributed by atoms with Crippen LogP contribution in [-0.2, 0) is 76.8 Å². The average molecular weight is 1500 g/mol. The zero-order chi connectivity index (χ0) is 73.0. The summed E-state index contributed by atoms with van der Waals surface area (Å²) in [6.07, 6.45) is -2.09. The number of aliphatic carboxylic acids is 4. The number of carbonyl (C=O) groups excluding carboxylic acids is 12. The normalized spacial score (nSPS) is 21.7. The molecule has 8 amide bonds. The number of phenolic OH excluding ortho intramolecular Hbond substituents is 1. The number of aromatic hydroxyl groups is 1. The van der Waals surface area contributed by atoms with Crippen LogP contribution in [0.5, 0.6) is 5.75 Å². The number of unbranched alkanes of at least 4 members (excludes halogenated alkanes) is 1. The van der Waals surface area contributed by atoms with Gasteiger partial charge in [-0.05, 0) is 74.5 Å². The van der Waals surface area contributed by atoms with Crippen LogP contribution in [0.25, 0.3) is 10.9 Å². The third-order valence-corrected chi connectivity index (χ3v) is 18.9. The van der Waals surface area contributed by atoms with Crippen molar-refractivity contribution in [1.29, 1.82) is 0 Å². The molecule has 2 saturated heterocycles. The van der Waals surface area contributed by atoms with Gasteiger partial charge in [0.1, 0.15) is 48.0 Å². The van der Waals surface area contributed by atoms with Gasteiger partial charge < -0.3 is 108 Å². The second-order valence-electron chi connectivity index (χ2n) is 24.4. The number of para-hydroxylation sites is 1.